The van der Waals surface area contributed by atoms with E-state index in [-0.39, 0.29) is 0 Å². The molecule has 6 heteroatoms. The van der Waals surface area contributed by atoms with Crippen LogP contribution in [0.3, 0.4) is 0 Å². The summed E-state index contributed by atoms with van der Waals surface area (Å²) in [7, 11) is 0. The van der Waals surface area contributed by atoms with Gasteiger partial charge in [0.1, 0.15) is 5.75 Å². The molecule has 1 fully saturated rings. The number of aliphatic hydroxyl groups is 1. The van der Waals surface area contributed by atoms with Crippen LogP contribution in [0.4, 0.5) is 0 Å². The standard InChI is InChI=1S/C28H26ClN3O2/c29-23-10-8-22(9-11-23)28(33)12-16-32(17-13-28)15-3-5-20-18-25-21(19-30)4-1-7-26(25)34-27-24(20)6-2-14-31-27/h1-2,4-11,14,33H,3,12-13,15-18H2. The Labute approximate surface area is 204 Å². The summed E-state index contributed by atoms with van der Waals surface area (Å²) in [4.78, 5) is 6.84. The van der Waals surface area contributed by atoms with E-state index in [2.05, 4.69) is 22.0 Å². The minimum Gasteiger partial charge on any atom is -0.438 e. The number of nitrogens with zero attached hydrogens (tertiary/aromatic N) is 3. The number of hydrogen-bond acceptors (Lipinski definition) is 5. The van der Waals surface area contributed by atoms with Crippen LogP contribution in [0.5, 0.6) is 11.6 Å². The Bertz CT molecular complexity index is 1260. The van der Waals surface area contributed by atoms with Crippen molar-refractivity contribution in [1.29, 1.82) is 5.26 Å². The molecule has 1 saturated heterocycles. The van der Waals surface area contributed by atoms with Gasteiger partial charge in [-0.15, -0.1) is 0 Å². The maximum atomic E-state index is 11.1. The average Bonchev–Trinajstić information content (AvgIpc) is 3.02. The topological polar surface area (TPSA) is 69.4 Å². The molecule has 2 aliphatic heterocycles. The highest BCUT2D eigenvalue weighted by Crippen LogP contribution is 2.39. The number of benzene rings is 2. The molecule has 3 heterocycles. The van der Waals surface area contributed by atoms with E-state index in [9.17, 15) is 10.4 Å². The summed E-state index contributed by atoms with van der Waals surface area (Å²) in [6, 6.07) is 19.3. The molecule has 0 saturated carbocycles. The first kappa shape index (κ1) is 22.6. The smallest absolute Gasteiger partial charge is 0.226 e. The normalized spacial score (nSPS) is 18.3. The number of pyridine rings is 1. The number of ether oxygens (including phenoxy) is 1. The van der Waals surface area contributed by atoms with Gasteiger partial charge in [0.15, 0.2) is 0 Å². The van der Waals surface area contributed by atoms with E-state index in [1.165, 1.54) is 0 Å². The van der Waals surface area contributed by atoms with Crippen LogP contribution >= 0.6 is 11.6 Å². The van der Waals surface area contributed by atoms with Crippen molar-refractivity contribution < 1.29 is 9.84 Å². The van der Waals surface area contributed by atoms with Crippen molar-refractivity contribution in [2.24, 2.45) is 0 Å². The van der Waals surface area contributed by atoms with Crippen LogP contribution in [-0.2, 0) is 12.0 Å². The number of rotatable bonds is 4. The first-order chi connectivity index (χ1) is 16.6. The Kier molecular flexibility index (Phi) is 6.38. The second-order valence-corrected chi connectivity index (χ2v) is 9.36. The number of halogens is 1. The minimum absolute atomic E-state index is 0.577. The molecule has 0 bridgehead atoms. The SMILES string of the molecule is N#Cc1cccc2c1CC(=CCCN1CCC(O)(c3ccc(Cl)cc3)CC1)c1cccnc1O2. The molecule has 5 nitrogen and oxygen atoms in total. The van der Waals surface area contributed by atoms with Gasteiger partial charge >= 0.3 is 0 Å². The summed E-state index contributed by atoms with van der Waals surface area (Å²) >= 11 is 6.00. The van der Waals surface area contributed by atoms with Gasteiger partial charge in [-0.1, -0.05) is 35.9 Å². The van der Waals surface area contributed by atoms with E-state index in [4.69, 9.17) is 16.3 Å². The van der Waals surface area contributed by atoms with Gasteiger partial charge in [-0.25, -0.2) is 4.98 Å². The van der Waals surface area contributed by atoms with Gasteiger partial charge in [0.25, 0.3) is 0 Å². The highest BCUT2D eigenvalue weighted by molar-refractivity contribution is 6.30. The molecule has 0 aliphatic carbocycles. The molecule has 2 aliphatic rings. The Morgan fingerprint density at radius 1 is 1.12 bits per heavy atom. The van der Waals surface area contributed by atoms with Crippen molar-refractivity contribution in [3.63, 3.8) is 0 Å². The molecule has 0 atom stereocenters. The van der Waals surface area contributed by atoms with Gasteiger partial charge in [0.2, 0.25) is 5.88 Å². The molecule has 0 amide bonds. The minimum atomic E-state index is -0.791. The van der Waals surface area contributed by atoms with Crippen LogP contribution < -0.4 is 4.74 Å². The molecule has 34 heavy (non-hydrogen) atoms. The zero-order valence-corrected chi connectivity index (χ0v) is 19.6. The average molecular weight is 472 g/mol. The fourth-order valence-corrected chi connectivity index (χ4v) is 4.98. The number of hydrogen-bond donors (Lipinski definition) is 1. The summed E-state index contributed by atoms with van der Waals surface area (Å²) in [5, 5.41) is 21.4. The quantitative estimate of drug-likeness (QED) is 0.527. The van der Waals surface area contributed by atoms with E-state index < -0.39 is 5.60 Å². The number of fused-ring (bicyclic) bond motifs is 2. The van der Waals surface area contributed by atoms with Gasteiger partial charge in [0, 0.05) is 48.4 Å². The third-order valence-electron chi connectivity index (χ3n) is 6.85. The van der Waals surface area contributed by atoms with Crippen molar-refractivity contribution in [3.8, 4) is 17.7 Å². The lowest BCUT2D eigenvalue weighted by molar-refractivity contribution is -0.0254. The number of piperidine rings is 1. The first-order valence-electron chi connectivity index (χ1n) is 11.6. The Hall–Kier alpha value is -3.17. The monoisotopic (exact) mass is 471 g/mol. The molecule has 2 aromatic carbocycles. The number of nitriles is 1. The Morgan fingerprint density at radius 2 is 1.91 bits per heavy atom. The number of likely N-dealkylation sites (tertiary alicyclic amines) is 1. The van der Waals surface area contributed by atoms with Gasteiger partial charge < -0.3 is 14.7 Å². The first-order valence-corrected chi connectivity index (χ1v) is 12.0. The van der Waals surface area contributed by atoms with Crippen LogP contribution in [-0.4, -0.2) is 34.6 Å². The van der Waals surface area contributed by atoms with Crippen molar-refractivity contribution in [2.75, 3.05) is 19.6 Å². The third-order valence-corrected chi connectivity index (χ3v) is 7.10. The molecule has 5 rings (SSSR count). The lowest BCUT2D eigenvalue weighted by Crippen LogP contribution is -2.42. The Morgan fingerprint density at radius 3 is 2.68 bits per heavy atom. The molecular weight excluding hydrogens is 446 g/mol. The maximum Gasteiger partial charge on any atom is 0.226 e. The predicted octanol–water partition coefficient (Wildman–Crippen LogP) is 5.71. The fraction of sp³-hybridized carbons (Fsp3) is 0.286. The van der Waals surface area contributed by atoms with Gasteiger partial charge in [-0.2, -0.15) is 5.26 Å². The molecule has 0 unspecified atom stereocenters. The number of aromatic nitrogens is 1. The molecule has 1 aromatic heterocycles. The van der Waals surface area contributed by atoms with Crippen LogP contribution in [0, 0.1) is 11.3 Å². The zero-order valence-electron chi connectivity index (χ0n) is 18.9. The van der Waals surface area contributed by atoms with E-state index in [1.54, 1.807) is 6.20 Å². The summed E-state index contributed by atoms with van der Waals surface area (Å²) in [5.74, 6) is 1.27. The molecule has 3 aromatic rings. The van der Waals surface area contributed by atoms with Crippen molar-refractivity contribution in [1.82, 2.24) is 9.88 Å². The van der Waals surface area contributed by atoms with E-state index in [1.807, 2.05) is 54.6 Å². The Balaban J connectivity index is 1.29. The summed E-state index contributed by atoms with van der Waals surface area (Å²) < 4.78 is 6.09. The molecule has 172 valence electrons. The lowest BCUT2D eigenvalue weighted by Gasteiger charge is -2.38. The predicted molar refractivity (Wildman–Crippen MR) is 133 cm³/mol. The highest BCUT2D eigenvalue weighted by atomic mass is 35.5. The molecule has 1 N–H and O–H groups in total. The zero-order chi connectivity index (χ0) is 23.5. The fourth-order valence-electron chi connectivity index (χ4n) is 4.85. The van der Waals surface area contributed by atoms with Crippen molar-refractivity contribution in [2.45, 2.75) is 31.3 Å². The van der Waals surface area contributed by atoms with Crippen LogP contribution in [0.2, 0.25) is 5.02 Å². The second kappa shape index (κ2) is 9.60. The summed E-state index contributed by atoms with van der Waals surface area (Å²) in [6.45, 7) is 2.58. The lowest BCUT2D eigenvalue weighted by atomic mass is 9.84. The third kappa shape index (κ3) is 4.58. The van der Waals surface area contributed by atoms with Crippen molar-refractivity contribution >= 4 is 17.2 Å². The van der Waals surface area contributed by atoms with Gasteiger partial charge in [0.05, 0.1) is 17.2 Å². The highest BCUT2D eigenvalue weighted by Gasteiger charge is 2.33. The second-order valence-electron chi connectivity index (χ2n) is 8.93. The summed E-state index contributed by atoms with van der Waals surface area (Å²) in [6.07, 6.45) is 6.87. The van der Waals surface area contributed by atoms with Crippen LogP contribution in [0.15, 0.2) is 66.9 Å². The van der Waals surface area contributed by atoms with E-state index in [0.717, 1.165) is 48.3 Å². The number of allylic oxidation sites excluding steroid dienone is 1. The van der Waals surface area contributed by atoms with E-state index >= 15 is 0 Å². The molecule has 0 spiro atoms. The maximum absolute atomic E-state index is 11.1. The summed E-state index contributed by atoms with van der Waals surface area (Å²) in [5.41, 5.74) is 3.78. The van der Waals surface area contributed by atoms with Gasteiger partial charge in [-0.3, -0.25) is 0 Å². The molecular formula is C28H26ClN3O2. The molecule has 0 radical (unpaired) electrons. The largest absolute Gasteiger partial charge is 0.438 e. The van der Waals surface area contributed by atoms with Crippen molar-refractivity contribution in [3.05, 3.63) is 94.1 Å². The van der Waals surface area contributed by atoms with E-state index in [0.29, 0.717) is 41.5 Å². The van der Waals surface area contributed by atoms with Crippen LogP contribution in [0.25, 0.3) is 5.57 Å². The van der Waals surface area contributed by atoms with Crippen LogP contribution in [0.1, 0.15) is 41.5 Å². The van der Waals surface area contributed by atoms with Gasteiger partial charge in [-0.05, 0) is 66.8 Å².